The number of carbonyl (C=O) groups is 3. The lowest BCUT2D eigenvalue weighted by Crippen LogP contribution is -2.57. The lowest BCUT2D eigenvalue weighted by molar-refractivity contribution is -0.149. The average molecular weight is 389 g/mol. The summed E-state index contributed by atoms with van der Waals surface area (Å²) in [4.78, 5) is 42.1. The summed E-state index contributed by atoms with van der Waals surface area (Å²) in [6.45, 7) is 2.34. The van der Waals surface area contributed by atoms with Gasteiger partial charge in [-0.1, -0.05) is 6.07 Å². The molecular formula is C20H27N3O5. The van der Waals surface area contributed by atoms with Gasteiger partial charge in [-0.25, -0.2) is 0 Å². The Bertz CT molecular complexity index is 745. The van der Waals surface area contributed by atoms with Crippen LogP contribution in [0.4, 0.5) is 0 Å². The molecule has 2 heterocycles. The fourth-order valence-corrected chi connectivity index (χ4v) is 3.87. The summed E-state index contributed by atoms with van der Waals surface area (Å²) >= 11 is 0. The first-order valence-electron chi connectivity index (χ1n) is 9.56. The zero-order valence-electron chi connectivity index (χ0n) is 16.3. The third-order valence-electron chi connectivity index (χ3n) is 5.69. The molecule has 2 fully saturated rings. The molecule has 0 aromatic heterocycles. The second kappa shape index (κ2) is 8.60. The molecule has 1 unspecified atom stereocenters. The quantitative estimate of drug-likeness (QED) is 0.818. The van der Waals surface area contributed by atoms with Gasteiger partial charge in [0.2, 0.25) is 5.91 Å². The van der Waals surface area contributed by atoms with E-state index in [4.69, 9.17) is 4.74 Å². The molecule has 2 aliphatic heterocycles. The van der Waals surface area contributed by atoms with E-state index in [-0.39, 0.29) is 24.3 Å². The molecule has 1 N–H and O–H groups in total. The molecule has 8 nitrogen and oxygen atoms in total. The smallest absolute Gasteiger partial charge is 0.322 e. The predicted molar refractivity (Wildman–Crippen MR) is 102 cm³/mol. The van der Waals surface area contributed by atoms with Crippen molar-refractivity contribution in [3.8, 4) is 5.75 Å². The van der Waals surface area contributed by atoms with Crippen LogP contribution in [0.2, 0.25) is 0 Å². The van der Waals surface area contributed by atoms with Gasteiger partial charge in [0.15, 0.2) is 0 Å². The highest BCUT2D eigenvalue weighted by atomic mass is 16.5. The third-order valence-corrected chi connectivity index (χ3v) is 5.69. The maximum Gasteiger partial charge on any atom is 0.322 e. The molecule has 0 radical (unpaired) electrons. The van der Waals surface area contributed by atoms with Crippen molar-refractivity contribution in [3.63, 3.8) is 0 Å². The number of likely N-dealkylation sites (tertiary alicyclic amines) is 1. The Morgan fingerprint density at radius 3 is 2.43 bits per heavy atom. The minimum atomic E-state index is -0.904. The zero-order valence-corrected chi connectivity index (χ0v) is 16.3. The number of methoxy groups -OCH3 is 1. The summed E-state index contributed by atoms with van der Waals surface area (Å²) in [6.07, 6.45) is 1.19. The summed E-state index contributed by atoms with van der Waals surface area (Å²) in [5.74, 6) is -0.479. The number of carboxylic acid groups (broad SMARTS) is 1. The first-order valence-corrected chi connectivity index (χ1v) is 9.56. The van der Waals surface area contributed by atoms with Gasteiger partial charge in [-0.15, -0.1) is 0 Å². The van der Waals surface area contributed by atoms with Crippen molar-refractivity contribution in [2.24, 2.45) is 5.92 Å². The summed E-state index contributed by atoms with van der Waals surface area (Å²) in [5.41, 5.74) is 0.576. The first-order chi connectivity index (χ1) is 13.4. The Kier molecular flexibility index (Phi) is 6.18. The Morgan fingerprint density at radius 1 is 1.07 bits per heavy atom. The Labute approximate surface area is 164 Å². The number of piperidine rings is 1. The van der Waals surface area contributed by atoms with Crippen molar-refractivity contribution in [3.05, 3.63) is 29.8 Å². The number of nitrogens with zero attached hydrogens (tertiary/aromatic N) is 3. The number of likely N-dealkylation sites (N-methyl/N-ethyl adjacent to an activating group) is 1. The number of hydrogen-bond donors (Lipinski definition) is 1. The zero-order chi connectivity index (χ0) is 20.3. The van der Waals surface area contributed by atoms with Gasteiger partial charge in [0.1, 0.15) is 11.8 Å². The molecule has 1 aromatic rings. The maximum absolute atomic E-state index is 12.9. The molecule has 3 rings (SSSR count). The van der Waals surface area contributed by atoms with Crippen LogP contribution in [-0.4, -0.2) is 90.5 Å². The van der Waals surface area contributed by atoms with Crippen LogP contribution >= 0.6 is 0 Å². The molecule has 0 spiro atoms. The largest absolute Gasteiger partial charge is 0.497 e. The summed E-state index contributed by atoms with van der Waals surface area (Å²) in [5, 5.41) is 9.33. The fraction of sp³-hybridized carbons (Fsp3) is 0.550. The van der Waals surface area contributed by atoms with Crippen LogP contribution in [-0.2, 0) is 9.59 Å². The average Bonchev–Trinajstić information content (AvgIpc) is 2.73. The van der Waals surface area contributed by atoms with E-state index in [0.717, 1.165) is 0 Å². The highest BCUT2D eigenvalue weighted by Gasteiger charge is 2.36. The first kappa shape index (κ1) is 20.1. The molecule has 0 bridgehead atoms. The molecule has 8 heteroatoms. The lowest BCUT2D eigenvalue weighted by atomic mass is 9.94. The van der Waals surface area contributed by atoms with Crippen LogP contribution in [0, 0.1) is 5.92 Å². The van der Waals surface area contributed by atoms with Gasteiger partial charge in [-0.3, -0.25) is 19.3 Å². The number of hydrogen-bond acceptors (Lipinski definition) is 5. The van der Waals surface area contributed by atoms with Crippen molar-refractivity contribution < 1.29 is 24.2 Å². The molecule has 1 aromatic carbocycles. The van der Waals surface area contributed by atoms with Crippen molar-refractivity contribution in [2.75, 3.05) is 46.9 Å². The lowest BCUT2D eigenvalue weighted by Gasteiger charge is -2.40. The third kappa shape index (κ3) is 4.27. The van der Waals surface area contributed by atoms with E-state index < -0.39 is 12.0 Å². The van der Waals surface area contributed by atoms with Gasteiger partial charge in [0, 0.05) is 44.2 Å². The highest BCUT2D eigenvalue weighted by Crippen LogP contribution is 2.23. The van der Waals surface area contributed by atoms with Crippen molar-refractivity contribution >= 4 is 17.8 Å². The Hall–Kier alpha value is -2.61. The van der Waals surface area contributed by atoms with Crippen LogP contribution in [0.15, 0.2) is 24.3 Å². The molecule has 2 saturated heterocycles. The van der Waals surface area contributed by atoms with Gasteiger partial charge < -0.3 is 19.6 Å². The standard InChI is InChI=1S/C20H27N3O5/c1-21-10-11-23(13-17(21)20(26)27)18(24)14-6-8-22(9-7-14)19(25)15-4-3-5-16(12-15)28-2/h3-5,12,14,17H,6-11,13H2,1-2H3,(H,26,27). The molecular weight excluding hydrogens is 362 g/mol. The van der Waals surface area contributed by atoms with Gasteiger partial charge >= 0.3 is 5.97 Å². The molecule has 152 valence electrons. The van der Waals surface area contributed by atoms with E-state index in [1.165, 1.54) is 0 Å². The molecule has 1 atom stereocenters. The molecule has 2 amide bonds. The van der Waals surface area contributed by atoms with Gasteiger partial charge in [-0.2, -0.15) is 0 Å². The van der Waals surface area contributed by atoms with E-state index in [1.54, 1.807) is 53.1 Å². The SMILES string of the molecule is COc1cccc(C(=O)N2CCC(C(=O)N3CCN(C)C(C(=O)O)C3)CC2)c1. The number of amides is 2. The number of rotatable bonds is 4. The second-order valence-corrected chi connectivity index (χ2v) is 7.42. The Morgan fingerprint density at radius 2 is 1.79 bits per heavy atom. The normalized spacial score (nSPS) is 21.4. The van der Waals surface area contributed by atoms with Crippen LogP contribution in [0.5, 0.6) is 5.75 Å². The predicted octanol–water partition coefficient (Wildman–Crippen LogP) is 0.775. The van der Waals surface area contributed by atoms with Crippen LogP contribution in [0.3, 0.4) is 0 Å². The van der Waals surface area contributed by atoms with Crippen molar-refractivity contribution in [2.45, 2.75) is 18.9 Å². The number of benzene rings is 1. The monoisotopic (exact) mass is 389 g/mol. The number of carbonyl (C=O) groups excluding carboxylic acids is 2. The van der Waals surface area contributed by atoms with E-state index >= 15 is 0 Å². The van der Waals surface area contributed by atoms with E-state index in [9.17, 15) is 19.5 Å². The maximum atomic E-state index is 12.9. The molecule has 0 saturated carbocycles. The summed E-state index contributed by atoms with van der Waals surface area (Å²) in [7, 11) is 3.33. The number of carboxylic acids is 1. The summed E-state index contributed by atoms with van der Waals surface area (Å²) < 4.78 is 5.17. The topological polar surface area (TPSA) is 90.4 Å². The van der Waals surface area contributed by atoms with Crippen molar-refractivity contribution in [1.29, 1.82) is 0 Å². The minimum Gasteiger partial charge on any atom is -0.497 e. The second-order valence-electron chi connectivity index (χ2n) is 7.42. The van der Waals surface area contributed by atoms with E-state index in [1.807, 2.05) is 0 Å². The van der Waals surface area contributed by atoms with Gasteiger partial charge in [-0.05, 0) is 38.1 Å². The Balaban J connectivity index is 1.56. The molecule has 0 aliphatic carbocycles. The minimum absolute atomic E-state index is 0.00725. The van der Waals surface area contributed by atoms with Crippen LogP contribution in [0.1, 0.15) is 23.2 Å². The number of ether oxygens (including phenoxy) is 1. The van der Waals surface area contributed by atoms with E-state index in [2.05, 4.69) is 0 Å². The molecule has 28 heavy (non-hydrogen) atoms. The van der Waals surface area contributed by atoms with Crippen LogP contribution in [0.25, 0.3) is 0 Å². The van der Waals surface area contributed by atoms with Crippen LogP contribution < -0.4 is 4.74 Å². The highest BCUT2D eigenvalue weighted by molar-refractivity contribution is 5.94. The van der Waals surface area contributed by atoms with Crippen molar-refractivity contribution in [1.82, 2.24) is 14.7 Å². The number of aliphatic carboxylic acids is 1. The number of piperazine rings is 1. The van der Waals surface area contributed by atoms with E-state index in [0.29, 0.717) is 50.3 Å². The van der Waals surface area contributed by atoms with Gasteiger partial charge in [0.25, 0.3) is 5.91 Å². The van der Waals surface area contributed by atoms with Gasteiger partial charge in [0.05, 0.1) is 7.11 Å². The fourth-order valence-electron chi connectivity index (χ4n) is 3.87. The molecule has 2 aliphatic rings. The summed E-state index contributed by atoms with van der Waals surface area (Å²) in [6, 6.07) is 6.40.